The molecule has 0 radical (unpaired) electrons. The van der Waals surface area contributed by atoms with Crippen molar-refractivity contribution in [1.29, 1.82) is 0 Å². The maximum Gasteiger partial charge on any atom is 0.108 e. The van der Waals surface area contributed by atoms with E-state index < -0.39 is 0 Å². The summed E-state index contributed by atoms with van der Waals surface area (Å²) < 4.78 is 2.02. The largest absolute Gasteiger partial charge is 0.338 e. The number of hydrogen-bond donors (Lipinski definition) is 0. The second-order valence-corrected chi connectivity index (χ2v) is 5.98. The zero-order valence-corrected chi connectivity index (χ0v) is 13.6. The quantitative estimate of drug-likeness (QED) is 0.716. The van der Waals surface area contributed by atoms with Crippen molar-refractivity contribution in [2.24, 2.45) is 7.05 Å². The van der Waals surface area contributed by atoms with Crippen molar-refractivity contribution in [2.45, 2.75) is 18.3 Å². The highest BCUT2D eigenvalue weighted by Gasteiger charge is 2.30. The minimum atomic E-state index is -0.250. The fourth-order valence-corrected chi connectivity index (χ4v) is 3.25. The van der Waals surface area contributed by atoms with Crippen molar-refractivity contribution in [3.05, 3.63) is 53.1 Å². The second-order valence-electron chi connectivity index (χ2n) is 5.01. The summed E-state index contributed by atoms with van der Waals surface area (Å²) in [6.45, 7) is 0. The number of nitrogens with zero attached hydrogens (tertiary/aromatic N) is 2. The van der Waals surface area contributed by atoms with Gasteiger partial charge in [0.05, 0.1) is 0 Å². The van der Waals surface area contributed by atoms with E-state index in [0.29, 0.717) is 11.8 Å². The zero-order chi connectivity index (χ0) is 14.6. The topological polar surface area (TPSA) is 17.8 Å². The molecule has 2 nitrogen and oxygen atoms in total. The third-order valence-electron chi connectivity index (χ3n) is 3.72. The van der Waals surface area contributed by atoms with Gasteiger partial charge in [-0.05, 0) is 24.1 Å². The third-order valence-corrected chi connectivity index (χ3v) is 4.99. The van der Waals surface area contributed by atoms with E-state index in [4.69, 9.17) is 34.8 Å². The predicted octanol–water partition coefficient (Wildman–Crippen LogP) is 4.42. The van der Waals surface area contributed by atoms with E-state index in [2.05, 4.69) is 4.98 Å². The Hall–Kier alpha value is -0.700. The fraction of sp³-hybridized carbons (Fsp3) is 0.400. The van der Waals surface area contributed by atoms with Gasteiger partial charge in [-0.1, -0.05) is 23.7 Å². The summed E-state index contributed by atoms with van der Waals surface area (Å²) in [4.78, 5) is 4.35. The Balaban J connectivity index is 2.21. The first-order valence-corrected chi connectivity index (χ1v) is 7.90. The summed E-state index contributed by atoms with van der Waals surface area (Å²) in [6.07, 6.45) is 5.44. The van der Waals surface area contributed by atoms with Gasteiger partial charge < -0.3 is 4.57 Å². The minimum Gasteiger partial charge on any atom is -0.338 e. The molecule has 0 aliphatic heterocycles. The van der Waals surface area contributed by atoms with E-state index in [-0.39, 0.29) is 5.41 Å². The van der Waals surface area contributed by atoms with Gasteiger partial charge in [-0.25, -0.2) is 4.98 Å². The fourth-order valence-electron chi connectivity index (χ4n) is 2.26. The minimum absolute atomic E-state index is 0.250. The Bertz CT molecular complexity index is 545. The Labute approximate surface area is 134 Å². The zero-order valence-electron chi connectivity index (χ0n) is 11.3. The van der Waals surface area contributed by atoms with Gasteiger partial charge in [-0.2, -0.15) is 0 Å². The normalized spacial score (nSPS) is 11.8. The van der Waals surface area contributed by atoms with Crippen molar-refractivity contribution in [2.75, 3.05) is 11.8 Å². The molecule has 108 valence electrons. The molecular formula is C15H17Cl3N2. The van der Waals surface area contributed by atoms with Crippen molar-refractivity contribution >= 4 is 34.8 Å². The Morgan fingerprint density at radius 3 is 2.30 bits per heavy atom. The van der Waals surface area contributed by atoms with E-state index in [0.717, 1.165) is 29.3 Å². The molecule has 0 aliphatic rings. The first-order chi connectivity index (χ1) is 9.61. The highest BCUT2D eigenvalue weighted by molar-refractivity contribution is 6.30. The van der Waals surface area contributed by atoms with Crippen LogP contribution in [0.5, 0.6) is 0 Å². The van der Waals surface area contributed by atoms with Crippen LogP contribution in [0.25, 0.3) is 0 Å². The highest BCUT2D eigenvalue weighted by atomic mass is 35.5. The number of aromatic nitrogens is 2. The van der Waals surface area contributed by atoms with Crippen LogP contribution in [0.3, 0.4) is 0 Å². The highest BCUT2D eigenvalue weighted by Crippen LogP contribution is 2.33. The van der Waals surface area contributed by atoms with Gasteiger partial charge in [-0.3, -0.25) is 0 Å². The molecule has 0 saturated heterocycles. The molecule has 0 saturated carbocycles. The summed E-state index contributed by atoms with van der Waals surface area (Å²) >= 11 is 18.4. The van der Waals surface area contributed by atoms with Crippen LogP contribution in [0.1, 0.15) is 17.8 Å². The van der Waals surface area contributed by atoms with Gasteiger partial charge in [0.15, 0.2) is 0 Å². The molecule has 0 bridgehead atoms. The molecule has 2 rings (SSSR count). The maximum absolute atomic E-state index is 6.23. The van der Waals surface area contributed by atoms with Gasteiger partial charge in [0, 0.05) is 48.1 Å². The standard InChI is InChI=1S/C15H17Cl3N2/c1-20-9-8-19-14(20)6-7-15(10-16,11-17)12-2-4-13(18)5-3-12/h2-5,8-9H,6-7,10-11H2,1H3. The van der Waals surface area contributed by atoms with Crippen LogP contribution in [0.2, 0.25) is 5.02 Å². The number of hydrogen-bond acceptors (Lipinski definition) is 1. The van der Waals surface area contributed by atoms with Crippen LogP contribution in [-0.4, -0.2) is 21.3 Å². The lowest BCUT2D eigenvalue weighted by atomic mass is 9.80. The number of aryl methyl sites for hydroxylation is 2. The Kier molecular flexibility index (Phi) is 5.36. The first-order valence-electron chi connectivity index (χ1n) is 6.45. The van der Waals surface area contributed by atoms with Gasteiger partial charge in [0.2, 0.25) is 0 Å². The molecule has 1 heterocycles. The number of benzene rings is 1. The van der Waals surface area contributed by atoms with E-state index in [9.17, 15) is 0 Å². The monoisotopic (exact) mass is 330 g/mol. The lowest BCUT2D eigenvalue weighted by Gasteiger charge is -2.30. The van der Waals surface area contributed by atoms with E-state index in [1.807, 2.05) is 42.1 Å². The molecule has 0 atom stereocenters. The summed E-state index contributed by atoms with van der Waals surface area (Å²) in [6, 6.07) is 7.77. The lowest BCUT2D eigenvalue weighted by molar-refractivity contribution is 0.482. The summed E-state index contributed by atoms with van der Waals surface area (Å²) in [5.74, 6) is 1.99. The predicted molar refractivity (Wildman–Crippen MR) is 86.1 cm³/mol. The molecule has 0 amide bonds. The molecule has 2 aromatic rings. The van der Waals surface area contributed by atoms with Gasteiger partial charge >= 0.3 is 0 Å². The molecule has 0 aliphatic carbocycles. The number of imidazole rings is 1. The average molecular weight is 332 g/mol. The van der Waals surface area contributed by atoms with Crippen LogP contribution in [0, 0.1) is 0 Å². The Morgan fingerprint density at radius 2 is 1.80 bits per heavy atom. The maximum atomic E-state index is 6.23. The van der Waals surface area contributed by atoms with E-state index in [1.165, 1.54) is 0 Å². The summed E-state index contributed by atoms with van der Waals surface area (Å²) in [7, 11) is 1.99. The van der Waals surface area contributed by atoms with Gasteiger partial charge in [0.1, 0.15) is 5.82 Å². The smallest absolute Gasteiger partial charge is 0.108 e. The van der Waals surface area contributed by atoms with Crippen molar-refractivity contribution in [1.82, 2.24) is 9.55 Å². The number of halogens is 3. The molecule has 0 N–H and O–H groups in total. The van der Waals surface area contributed by atoms with Gasteiger partial charge in [0.25, 0.3) is 0 Å². The van der Waals surface area contributed by atoms with Crippen LogP contribution in [-0.2, 0) is 18.9 Å². The van der Waals surface area contributed by atoms with Crippen LogP contribution in [0.15, 0.2) is 36.7 Å². The first kappa shape index (κ1) is 15.7. The van der Waals surface area contributed by atoms with Crippen LogP contribution in [0.4, 0.5) is 0 Å². The second kappa shape index (κ2) is 6.84. The molecule has 0 unspecified atom stereocenters. The van der Waals surface area contributed by atoms with Gasteiger partial charge in [-0.15, -0.1) is 23.2 Å². The Morgan fingerprint density at radius 1 is 1.15 bits per heavy atom. The molecule has 0 spiro atoms. The average Bonchev–Trinajstić information content (AvgIpc) is 2.88. The van der Waals surface area contributed by atoms with E-state index >= 15 is 0 Å². The molecular weight excluding hydrogens is 315 g/mol. The van der Waals surface area contributed by atoms with Crippen molar-refractivity contribution in [3.8, 4) is 0 Å². The van der Waals surface area contributed by atoms with E-state index in [1.54, 1.807) is 6.20 Å². The number of rotatable bonds is 6. The van der Waals surface area contributed by atoms with Crippen molar-refractivity contribution in [3.63, 3.8) is 0 Å². The SMILES string of the molecule is Cn1ccnc1CCC(CCl)(CCl)c1ccc(Cl)cc1. The van der Waals surface area contributed by atoms with Crippen LogP contribution >= 0.6 is 34.8 Å². The molecule has 5 heteroatoms. The molecule has 1 aromatic carbocycles. The van der Waals surface area contributed by atoms with Crippen molar-refractivity contribution < 1.29 is 0 Å². The summed E-state index contributed by atoms with van der Waals surface area (Å²) in [5, 5.41) is 0.718. The number of alkyl halides is 2. The molecule has 1 aromatic heterocycles. The molecule has 0 fully saturated rings. The summed E-state index contributed by atoms with van der Waals surface area (Å²) in [5.41, 5.74) is 0.876. The lowest BCUT2D eigenvalue weighted by Crippen LogP contribution is -2.31. The molecule has 20 heavy (non-hydrogen) atoms. The van der Waals surface area contributed by atoms with Crippen LogP contribution < -0.4 is 0 Å². The third kappa shape index (κ3) is 3.30.